The van der Waals surface area contributed by atoms with E-state index in [0.29, 0.717) is 5.92 Å². The average molecular weight is 293 g/mol. The minimum Gasteiger partial charge on any atom is -0.369 e. The van der Waals surface area contributed by atoms with Gasteiger partial charge in [-0.3, -0.25) is 0 Å². The first-order valence-electron chi connectivity index (χ1n) is 8.24. The van der Waals surface area contributed by atoms with Crippen molar-refractivity contribution in [2.45, 2.75) is 66.2 Å². The molecule has 4 N–H and O–H groups in total. The van der Waals surface area contributed by atoms with Crippen molar-refractivity contribution in [3.63, 3.8) is 0 Å². The van der Waals surface area contributed by atoms with E-state index in [2.05, 4.69) is 41.5 Å². The van der Waals surface area contributed by atoms with Crippen molar-refractivity contribution in [1.82, 2.24) is 9.97 Å². The third-order valence-corrected chi connectivity index (χ3v) is 3.90. The number of nitrogens with zero attached hydrogens (tertiary/aromatic N) is 2. The molecule has 0 saturated carbocycles. The summed E-state index contributed by atoms with van der Waals surface area (Å²) in [5.41, 5.74) is 3.67. The summed E-state index contributed by atoms with van der Waals surface area (Å²) in [4.78, 5) is 9.09. The highest BCUT2D eigenvalue weighted by molar-refractivity contribution is 5.56. The molecular formula is C16H31N5. The molecule has 5 nitrogen and oxygen atoms in total. The standard InChI is InChI=1S/C16H31N5/c1-5-8-10-13(7-3)11-18-15-12(4)16(21-17)20-14(19-15)9-6-2/h13H,5-11,17H2,1-4H3,(H2,18,19,20,21). The highest BCUT2D eigenvalue weighted by atomic mass is 15.3. The van der Waals surface area contributed by atoms with Crippen LogP contribution in [0.4, 0.5) is 11.6 Å². The Morgan fingerprint density at radius 2 is 1.81 bits per heavy atom. The summed E-state index contributed by atoms with van der Waals surface area (Å²) in [6, 6.07) is 0. The van der Waals surface area contributed by atoms with E-state index in [0.717, 1.165) is 42.4 Å². The topological polar surface area (TPSA) is 75.9 Å². The first kappa shape index (κ1) is 17.7. The fraction of sp³-hybridized carbons (Fsp3) is 0.750. The normalized spacial score (nSPS) is 12.2. The molecule has 0 fully saturated rings. The van der Waals surface area contributed by atoms with Crippen LogP contribution in [0.2, 0.25) is 0 Å². The second-order valence-corrected chi connectivity index (χ2v) is 5.65. The van der Waals surface area contributed by atoms with Gasteiger partial charge >= 0.3 is 0 Å². The molecule has 120 valence electrons. The predicted octanol–water partition coefficient (Wildman–Crippen LogP) is 3.65. The molecule has 0 aromatic carbocycles. The van der Waals surface area contributed by atoms with Crippen molar-refractivity contribution < 1.29 is 0 Å². The van der Waals surface area contributed by atoms with Gasteiger partial charge in [-0.25, -0.2) is 15.8 Å². The van der Waals surface area contributed by atoms with Crippen LogP contribution in [0.3, 0.4) is 0 Å². The number of anilines is 2. The Balaban J connectivity index is 2.78. The minimum absolute atomic E-state index is 0.697. The number of hydrogen-bond acceptors (Lipinski definition) is 5. The maximum absolute atomic E-state index is 5.56. The number of rotatable bonds is 10. The van der Waals surface area contributed by atoms with Gasteiger partial charge in [0.05, 0.1) is 0 Å². The van der Waals surface area contributed by atoms with Crippen molar-refractivity contribution >= 4 is 11.6 Å². The van der Waals surface area contributed by atoms with Gasteiger partial charge in [0, 0.05) is 18.5 Å². The second kappa shape index (κ2) is 9.55. The van der Waals surface area contributed by atoms with Gasteiger partial charge in [0.25, 0.3) is 0 Å². The largest absolute Gasteiger partial charge is 0.369 e. The Kier molecular flexibility index (Phi) is 8.05. The van der Waals surface area contributed by atoms with Crippen LogP contribution >= 0.6 is 0 Å². The molecule has 1 unspecified atom stereocenters. The fourth-order valence-corrected chi connectivity index (χ4v) is 2.40. The summed E-state index contributed by atoms with van der Waals surface area (Å²) >= 11 is 0. The zero-order chi connectivity index (χ0) is 15.7. The van der Waals surface area contributed by atoms with E-state index in [9.17, 15) is 0 Å². The number of hydrogen-bond donors (Lipinski definition) is 3. The highest BCUT2D eigenvalue weighted by Gasteiger charge is 2.12. The van der Waals surface area contributed by atoms with E-state index >= 15 is 0 Å². The maximum atomic E-state index is 5.56. The lowest BCUT2D eigenvalue weighted by Crippen LogP contribution is -2.18. The maximum Gasteiger partial charge on any atom is 0.148 e. The average Bonchev–Trinajstić information content (AvgIpc) is 2.50. The van der Waals surface area contributed by atoms with Crippen molar-refractivity contribution in [2.75, 3.05) is 17.3 Å². The number of nitrogen functional groups attached to an aromatic ring is 1. The van der Waals surface area contributed by atoms with E-state index in [4.69, 9.17) is 5.84 Å². The third kappa shape index (κ3) is 5.50. The zero-order valence-electron chi connectivity index (χ0n) is 14.0. The van der Waals surface area contributed by atoms with Crippen LogP contribution in [0.5, 0.6) is 0 Å². The molecular weight excluding hydrogens is 262 g/mol. The Labute approximate surface area is 129 Å². The zero-order valence-corrected chi connectivity index (χ0v) is 14.0. The molecule has 0 aliphatic rings. The number of hydrazine groups is 1. The third-order valence-electron chi connectivity index (χ3n) is 3.90. The quantitative estimate of drug-likeness (QED) is 0.453. The molecule has 0 aliphatic carbocycles. The van der Waals surface area contributed by atoms with Gasteiger partial charge in [0.1, 0.15) is 17.5 Å². The highest BCUT2D eigenvalue weighted by Crippen LogP contribution is 2.21. The molecule has 1 aromatic rings. The van der Waals surface area contributed by atoms with E-state index in [1.165, 1.54) is 25.7 Å². The molecule has 1 heterocycles. The number of aromatic nitrogens is 2. The summed E-state index contributed by atoms with van der Waals surface area (Å²) in [5.74, 6) is 8.74. The fourth-order valence-electron chi connectivity index (χ4n) is 2.40. The molecule has 0 spiro atoms. The number of unbranched alkanes of at least 4 members (excludes halogenated alkanes) is 1. The summed E-state index contributed by atoms with van der Waals surface area (Å²) in [5, 5.41) is 3.50. The SMILES string of the molecule is CCCCC(CC)CNc1nc(CCC)nc(NN)c1C. The molecule has 0 radical (unpaired) electrons. The molecule has 1 rings (SSSR count). The summed E-state index contributed by atoms with van der Waals surface area (Å²) in [6.07, 6.45) is 6.91. The Bertz CT molecular complexity index is 419. The lowest BCUT2D eigenvalue weighted by molar-refractivity contribution is 0.472. The molecule has 0 aliphatic heterocycles. The van der Waals surface area contributed by atoms with E-state index < -0.39 is 0 Å². The minimum atomic E-state index is 0.697. The van der Waals surface area contributed by atoms with Gasteiger partial charge in [-0.05, 0) is 25.7 Å². The molecule has 21 heavy (non-hydrogen) atoms. The predicted molar refractivity (Wildman–Crippen MR) is 90.4 cm³/mol. The van der Waals surface area contributed by atoms with Gasteiger partial charge in [-0.1, -0.05) is 40.0 Å². The van der Waals surface area contributed by atoms with E-state index in [1.807, 2.05) is 6.92 Å². The van der Waals surface area contributed by atoms with Gasteiger partial charge in [-0.2, -0.15) is 0 Å². The molecule has 1 aromatic heterocycles. The number of nitrogens with one attached hydrogen (secondary N) is 2. The van der Waals surface area contributed by atoms with Crippen LogP contribution in [0, 0.1) is 12.8 Å². The van der Waals surface area contributed by atoms with Crippen molar-refractivity contribution in [2.24, 2.45) is 11.8 Å². The first-order valence-corrected chi connectivity index (χ1v) is 8.24. The van der Waals surface area contributed by atoms with Crippen LogP contribution < -0.4 is 16.6 Å². The van der Waals surface area contributed by atoms with Crippen molar-refractivity contribution in [3.8, 4) is 0 Å². The summed E-state index contributed by atoms with van der Waals surface area (Å²) in [7, 11) is 0. The lowest BCUT2D eigenvalue weighted by Gasteiger charge is -2.18. The number of aryl methyl sites for hydroxylation is 1. The van der Waals surface area contributed by atoms with Gasteiger partial charge in [0.2, 0.25) is 0 Å². The number of nitrogens with two attached hydrogens (primary N) is 1. The molecule has 0 amide bonds. The molecule has 0 bridgehead atoms. The monoisotopic (exact) mass is 293 g/mol. The van der Waals surface area contributed by atoms with Crippen LogP contribution in [0.25, 0.3) is 0 Å². The van der Waals surface area contributed by atoms with Crippen LogP contribution in [0.15, 0.2) is 0 Å². The van der Waals surface area contributed by atoms with E-state index in [1.54, 1.807) is 0 Å². The molecule has 1 atom stereocenters. The Morgan fingerprint density at radius 1 is 1.10 bits per heavy atom. The van der Waals surface area contributed by atoms with Crippen molar-refractivity contribution in [1.29, 1.82) is 0 Å². The van der Waals surface area contributed by atoms with Gasteiger partial charge in [0.15, 0.2) is 0 Å². The molecule has 0 saturated heterocycles. The Morgan fingerprint density at radius 3 is 2.38 bits per heavy atom. The summed E-state index contributed by atoms with van der Waals surface area (Å²) < 4.78 is 0. The lowest BCUT2D eigenvalue weighted by atomic mass is 9.99. The molecule has 5 heteroatoms. The van der Waals surface area contributed by atoms with Crippen LogP contribution in [-0.4, -0.2) is 16.5 Å². The van der Waals surface area contributed by atoms with Gasteiger partial charge in [-0.15, -0.1) is 0 Å². The second-order valence-electron chi connectivity index (χ2n) is 5.65. The van der Waals surface area contributed by atoms with E-state index in [-0.39, 0.29) is 0 Å². The van der Waals surface area contributed by atoms with Crippen LogP contribution in [-0.2, 0) is 6.42 Å². The van der Waals surface area contributed by atoms with Crippen molar-refractivity contribution in [3.05, 3.63) is 11.4 Å². The first-order chi connectivity index (χ1) is 10.2. The summed E-state index contributed by atoms with van der Waals surface area (Å²) in [6.45, 7) is 9.59. The smallest absolute Gasteiger partial charge is 0.148 e. The van der Waals surface area contributed by atoms with Crippen LogP contribution in [0.1, 0.15) is 64.3 Å². The van der Waals surface area contributed by atoms with Gasteiger partial charge < -0.3 is 10.7 Å². The Hall–Kier alpha value is -1.36.